The molecule has 1 aliphatic carbocycles. The van der Waals surface area contributed by atoms with E-state index in [1.54, 1.807) is 27.0 Å². The minimum absolute atomic E-state index is 0.0316. The summed E-state index contributed by atoms with van der Waals surface area (Å²) in [4.78, 5) is 32.7. The van der Waals surface area contributed by atoms with Crippen molar-refractivity contribution >= 4 is 45.1 Å². The largest absolute Gasteiger partial charge is 0.444 e. The van der Waals surface area contributed by atoms with E-state index in [1.165, 1.54) is 18.3 Å². The Morgan fingerprint density at radius 2 is 1.85 bits per heavy atom. The van der Waals surface area contributed by atoms with Gasteiger partial charge in [0.25, 0.3) is 5.56 Å². The second-order valence-electron chi connectivity index (χ2n) is 10.9. The lowest BCUT2D eigenvalue weighted by Crippen LogP contribution is -2.50. The molecule has 3 aromatic heterocycles. The van der Waals surface area contributed by atoms with Gasteiger partial charge < -0.3 is 25.7 Å². The highest BCUT2D eigenvalue weighted by atomic mass is 19.1. The number of aryl methyl sites for hydroxylation is 1. The molecule has 0 spiro atoms. The minimum Gasteiger partial charge on any atom is -0.444 e. The number of pyridine rings is 1. The van der Waals surface area contributed by atoms with E-state index < -0.39 is 28.9 Å². The molecule has 1 saturated carbocycles. The third-order valence-corrected chi connectivity index (χ3v) is 6.77. The number of aromatic nitrogens is 4. The molecular weight excluding hydrogens is 508 g/mol. The van der Waals surface area contributed by atoms with Crippen LogP contribution in [-0.4, -0.2) is 43.9 Å². The van der Waals surface area contributed by atoms with Gasteiger partial charge in [0.2, 0.25) is 0 Å². The van der Waals surface area contributed by atoms with Crippen molar-refractivity contribution in [2.24, 2.45) is 0 Å². The van der Waals surface area contributed by atoms with Crippen LogP contribution in [0.25, 0.3) is 21.7 Å². The summed E-state index contributed by atoms with van der Waals surface area (Å²) in [5.41, 5.74) is 0.485. The highest BCUT2D eigenvalue weighted by Gasteiger charge is 2.30. The molecule has 0 radical (unpaired) electrons. The summed E-state index contributed by atoms with van der Waals surface area (Å²) < 4.78 is 35.6. The summed E-state index contributed by atoms with van der Waals surface area (Å²) in [6.45, 7) is 7.19. The Labute approximate surface area is 222 Å². The number of anilines is 3. The van der Waals surface area contributed by atoms with Crippen LogP contribution in [0, 0.1) is 18.6 Å². The van der Waals surface area contributed by atoms with E-state index >= 15 is 4.39 Å². The average Bonchev–Trinajstić information content (AvgIpc) is 3.22. The number of alkyl carbamates (subject to hydrolysis) is 1. The second kappa shape index (κ2) is 10.2. The fourth-order valence-electron chi connectivity index (χ4n) is 5.00. The van der Waals surface area contributed by atoms with Gasteiger partial charge in [-0.1, -0.05) is 12.8 Å². The van der Waals surface area contributed by atoms with Crippen LogP contribution in [-0.2, 0) is 4.74 Å². The van der Waals surface area contributed by atoms with Crippen molar-refractivity contribution in [2.45, 2.75) is 71.1 Å². The molecule has 5 rings (SSSR count). The van der Waals surface area contributed by atoms with Gasteiger partial charge in [-0.25, -0.2) is 23.7 Å². The number of rotatable bonds is 5. The number of fused-ring (bicyclic) bond motifs is 2. The highest BCUT2D eigenvalue weighted by molar-refractivity contribution is 5.99. The van der Waals surface area contributed by atoms with Crippen molar-refractivity contribution in [1.29, 1.82) is 0 Å². The van der Waals surface area contributed by atoms with E-state index in [0.29, 0.717) is 29.4 Å². The van der Waals surface area contributed by atoms with Crippen LogP contribution in [0.1, 0.15) is 52.0 Å². The summed E-state index contributed by atoms with van der Waals surface area (Å²) in [6.07, 6.45) is 5.50. The maximum atomic E-state index is 15.7. The first-order valence-corrected chi connectivity index (χ1v) is 12.9. The molecular formula is C27H31F2N7O3. The molecule has 0 saturated heterocycles. The molecule has 10 nitrogen and oxygen atoms in total. The molecule has 1 aromatic carbocycles. The lowest BCUT2D eigenvalue weighted by molar-refractivity contribution is 0.0488. The van der Waals surface area contributed by atoms with Crippen molar-refractivity contribution in [1.82, 2.24) is 25.5 Å². The minimum atomic E-state index is -0.754. The number of ether oxygens (including phenoxy) is 1. The number of nitrogens with one attached hydrogen (secondary N) is 5. The van der Waals surface area contributed by atoms with Crippen LogP contribution in [0.4, 0.5) is 30.9 Å². The van der Waals surface area contributed by atoms with Crippen molar-refractivity contribution in [3.8, 4) is 0 Å². The molecule has 1 amide bonds. The first-order chi connectivity index (χ1) is 18.5. The van der Waals surface area contributed by atoms with Gasteiger partial charge in [-0.2, -0.15) is 5.10 Å². The predicted octanol–water partition coefficient (Wildman–Crippen LogP) is 5.38. The monoisotopic (exact) mass is 539 g/mol. The van der Waals surface area contributed by atoms with Gasteiger partial charge in [-0.15, -0.1) is 0 Å². The fraction of sp³-hybridized carbons (Fsp3) is 0.407. The van der Waals surface area contributed by atoms with Gasteiger partial charge in [0.1, 0.15) is 17.2 Å². The number of aromatic amines is 2. The Morgan fingerprint density at radius 1 is 1.10 bits per heavy atom. The molecule has 206 valence electrons. The Morgan fingerprint density at radius 3 is 2.59 bits per heavy atom. The summed E-state index contributed by atoms with van der Waals surface area (Å²) in [7, 11) is 0. The number of benzene rings is 1. The molecule has 12 heteroatoms. The number of carbonyl (C=O) groups is 1. The van der Waals surface area contributed by atoms with E-state index in [2.05, 4.69) is 36.1 Å². The number of nitrogens with zero attached hydrogens (tertiary/aromatic N) is 2. The highest BCUT2D eigenvalue weighted by Crippen LogP contribution is 2.33. The SMILES string of the molecule is Cc1c[nH]c2c(Nc3nc(NC4CCCC[C@@H]4NC(=O)OC(C)(C)C)c(F)c4cn[nH]c(=O)c34)cc(F)cc12. The Bertz CT molecular complexity index is 1610. The van der Waals surface area contributed by atoms with Crippen LogP contribution in [0.5, 0.6) is 0 Å². The van der Waals surface area contributed by atoms with E-state index in [-0.39, 0.29) is 34.5 Å². The van der Waals surface area contributed by atoms with E-state index in [0.717, 1.165) is 18.4 Å². The number of halogens is 2. The summed E-state index contributed by atoms with van der Waals surface area (Å²) >= 11 is 0. The molecule has 1 aliphatic rings. The number of hydrogen-bond donors (Lipinski definition) is 5. The maximum absolute atomic E-state index is 15.7. The molecule has 3 heterocycles. The first-order valence-electron chi connectivity index (χ1n) is 12.9. The third kappa shape index (κ3) is 5.50. The predicted molar refractivity (Wildman–Crippen MR) is 145 cm³/mol. The molecule has 0 bridgehead atoms. The third-order valence-electron chi connectivity index (χ3n) is 6.77. The lowest BCUT2D eigenvalue weighted by Gasteiger charge is -2.34. The van der Waals surface area contributed by atoms with Crippen molar-refractivity contribution < 1.29 is 18.3 Å². The molecule has 1 fully saturated rings. The molecule has 4 aromatic rings. The van der Waals surface area contributed by atoms with E-state index in [9.17, 15) is 14.0 Å². The number of amides is 1. The quantitative estimate of drug-likeness (QED) is 0.230. The lowest BCUT2D eigenvalue weighted by atomic mass is 9.90. The van der Waals surface area contributed by atoms with Gasteiger partial charge >= 0.3 is 6.09 Å². The normalized spacial score (nSPS) is 17.8. The van der Waals surface area contributed by atoms with Crippen LogP contribution < -0.4 is 21.5 Å². The van der Waals surface area contributed by atoms with Crippen molar-refractivity contribution in [2.75, 3.05) is 10.6 Å². The molecule has 1 unspecified atom stereocenters. The Kier molecular flexibility index (Phi) is 6.87. The number of hydrogen-bond acceptors (Lipinski definition) is 7. The number of carbonyl (C=O) groups excluding carboxylic acids is 1. The van der Waals surface area contributed by atoms with Crippen molar-refractivity contribution in [3.63, 3.8) is 0 Å². The smallest absolute Gasteiger partial charge is 0.407 e. The van der Waals surface area contributed by atoms with Gasteiger partial charge in [0, 0.05) is 17.6 Å². The average molecular weight is 540 g/mol. The summed E-state index contributed by atoms with van der Waals surface area (Å²) in [5.74, 6) is -1.32. The molecule has 0 aliphatic heterocycles. The van der Waals surface area contributed by atoms with Crippen LogP contribution in [0.3, 0.4) is 0 Å². The van der Waals surface area contributed by atoms with Gasteiger partial charge in [-0.3, -0.25) is 4.79 Å². The fourth-order valence-corrected chi connectivity index (χ4v) is 5.00. The first kappa shape index (κ1) is 26.4. The molecule has 5 N–H and O–H groups in total. The van der Waals surface area contributed by atoms with Crippen LogP contribution in [0.2, 0.25) is 0 Å². The molecule has 39 heavy (non-hydrogen) atoms. The zero-order valence-corrected chi connectivity index (χ0v) is 22.2. The molecule has 2 atom stereocenters. The Balaban J connectivity index is 1.53. The van der Waals surface area contributed by atoms with Gasteiger partial charge in [-0.05, 0) is 58.2 Å². The van der Waals surface area contributed by atoms with Crippen LogP contribution >= 0.6 is 0 Å². The summed E-state index contributed by atoms with van der Waals surface area (Å²) in [6, 6.07) is 2.01. The van der Waals surface area contributed by atoms with Gasteiger partial charge in [0.15, 0.2) is 11.6 Å². The number of H-pyrrole nitrogens is 2. The Hall–Kier alpha value is -4.22. The standard InChI is InChI=1S/C27H31F2N7O3/c1-13-11-30-22-15(13)9-14(28)10-19(22)33-23-20-16(12-31-36-25(20)37)21(29)24(35-23)32-17-7-5-6-8-18(17)34-26(38)39-27(2,3)4/h9-12,17-18,30H,5-8H2,1-4H3,(H,34,38)(H,36,37)(H2,32,33,35)/t17?,18-/m0/s1. The second-order valence-corrected chi connectivity index (χ2v) is 10.9. The topological polar surface area (TPSA) is 137 Å². The summed E-state index contributed by atoms with van der Waals surface area (Å²) in [5, 5.41) is 15.7. The van der Waals surface area contributed by atoms with Crippen LogP contribution in [0.15, 0.2) is 29.3 Å². The van der Waals surface area contributed by atoms with Crippen molar-refractivity contribution in [3.05, 3.63) is 52.1 Å². The zero-order valence-electron chi connectivity index (χ0n) is 22.2. The van der Waals surface area contributed by atoms with E-state index in [1.807, 2.05) is 6.92 Å². The zero-order chi connectivity index (χ0) is 27.9. The van der Waals surface area contributed by atoms with Gasteiger partial charge in [0.05, 0.1) is 34.2 Å². The maximum Gasteiger partial charge on any atom is 0.407 e. The van der Waals surface area contributed by atoms with E-state index in [4.69, 9.17) is 4.74 Å².